The van der Waals surface area contributed by atoms with Crippen LogP contribution in [0, 0.1) is 0 Å². The Hall–Kier alpha value is -2.58. The number of anilines is 2. The van der Waals surface area contributed by atoms with Crippen molar-refractivity contribution in [2.24, 2.45) is 0 Å². The number of H-pyrrole nitrogens is 1. The third kappa shape index (κ3) is 4.29. The van der Waals surface area contributed by atoms with Gasteiger partial charge in [-0.25, -0.2) is 4.98 Å². The van der Waals surface area contributed by atoms with Crippen LogP contribution in [0.25, 0.3) is 11.0 Å². The standard InChI is InChI=1S/C23H27F3N5O2P/c1-3-17-20-16(23(24,25)26)13-27-21(20)30-22(28-17)29-18-7-6-15(12-19(18)33-2)34(32)10-8-31(9-11-34)14-4-5-14/h6-7,12-14H,3-5,8-11H2,1-2H3,(H2,27,28,29,30). The number of aromatic nitrogens is 3. The maximum Gasteiger partial charge on any atom is 0.418 e. The summed E-state index contributed by atoms with van der Waals surface area (Å²) in [4.78, 5) is 13.6. The van der Waals surface area contributed by atoms with Crippen LogP contribution in [0.15, 0.2) is 24.4 Å². The molecule has 1 aliphatic heterocycles. The van der Waals surface area contributed by atoms with E-state index < -0.39 is 18.9 Å². The van der Waals surface area contributed by atoms with Gasteiger partial charge in [0.05, 0.1) is 29.4 Å². The van der Waals surface area contributed by atoms with Gasteiger partial charge in [0.15, 0.2) is 0 Å². The third-order valence-corrected chi connectivity index (χ3v) is 9.77. The number of halogens is 3. The van der Waals surface area contributed by atoms with Crippen LogP contribution < -0.4 is 15.4 Å². The zero-order valence-corrected chi connectivity index (χ0v) is 20.0. The molecule has 3 aromatic rings. The molecular formula is C23H27F3N5O2P. The molecule has 11 heteroatoms. The van der Waals surface area contributed by atoms with Crippen molar-refractivity contribution >= 4 is 35.1 Å². The number of aromatic amines is 1. The maximum absolute atomic E-state index is 13.7. The fraction of sp³-hybridized carbons (Fsp3) is 0.478. The van der Waals surface area contributed by atoms with Gasteiger partial charge in [-0.3, -0.25) is 4.90 Å². The Kier molecular flexibility index (Phi) is 5.84. The van der Waals surface area contributed by atoms with E-state index >= 15 is 0 Å². The maximum atomic E-state index is 13.7. The van der Waals surface area contributed by atoms with Gasteiger partial charge in [0.1, 0.15) is 18.5 Å². The summed E-state index contributed by atoms with van der Waals surface area (Å²) in [5, 5.41) is 3.84. The molecule has 34 heavy (non-hydrogen) atoms. The first-order valence-corrected chi connectivity index (χ1v) is 13.5. The van der Waals surface area contributed by atoms with E-state index in [4.69, 9.17) is 4.74 Å². The van der Waals surface area contributed by atoms with Gasteiger partial charge in [0, 0.05) is 43.0 Å². The van der Waals surface area contributed by atoms with Crippen LogP contribution >= 0.6 is 7.14 Å². The van der Waals surface area contributed by atoms with Gasteiger partial charge >= 0.3 is 6.18 Å². The molecule has 2 aromatic heterocycles. The number of hydrogen-bond acceptors (Lipinski definition) is 6. The highest BCUT2D eigenvalue weighted by Gasteiger charge is 2.37. The Morgan fingerprint density at radius 1 is 1.24 bits per heavy atom. The van der Waals surface area contributed by atoms with Gasteiger partial charge in [0.2, 0.25) is 5.95 Å². The summed E-state index contributed by atoms with van der Waals surface area (Å²) in [7, 11) is -0.982. The average molecular weight is 493 g/mol. The van der Waals surface area contributed by atoms with Crippen molar-refractivity contribution in [1.29, 1.82) is 0 Å². The minimum atomic E-state index is -4.49. The van der Waals surface area contributed by atoms with E-state index in [1.165, 1.54) is 20.0 Å². The van der Waals surface area contributed by atoms with E-state index in [-0.39, 0.29) is 17.0 Å². The van der Waals surface area contributed by atoms with Gasteiger partial charge in [-0.1, -0.05) is 6.92 Å². The van der Waals surface area contributed by atoms with Crippen molar-refractivity contribution < 1.29 is 22.5 Å². The van der Waals surface area contributed by atoms with E-state index in [0.717, 1.165) is 24.6 Å². The summed E-state index contributed by atoms with van der Waals surface area (Å²) in [5.41, 5.74) is 0.191. The minimum Gasteiger partial charge on any atom is -0.495 e. The second kappa shape index (κ2) is 8.57. The van der Waals surface area contributed by atoms with Gasteiger partial charge in [-0.05, 0) is 37.5 Å². The lowest BCUT2D eigenvalue weighted by molar-refractivity contribution is -0.136. The summed E-state index contributed by atoms with van der Waals surface area (Å²) >= 11 is 0. The predicted molar refractivity (Wildman–Crippen MR) is 126 cm³/mol. The molecule has 0 unspecified atom stereocenters. The van der Waals surface area contributed by atoms with Crippen LogP contribution in [0.3, 0.4) is 0 Å². The van der Waals surface area contributed by atoms with Gasteiger partial charge in [-0.15, -0.1) is 0 Å². The Bertz CT molecular complexity index is 1260. The van der Waals surface area contributed by atoms with Crippen LogP contribution in [0.1, 0.15) is 31.0 Å². The molecule has 1 aromatic carbocycles. The van der Waals surface area contributed by atoms with Crippen molar-refractivity contribution in [3.05, 3.63) is 35.7 Å². The highest BCUT2D eigenvalue weighted by molar-refractivity contribution is 7.71. The molecule has 1 saturated carbocycles. The van der Waals surface area contributed by atoms with E-state index in [1.54, 1.807) is 19.1 Å². The van der Waals surface area contributed by atoms with Gasteiger partial charge < -0.3 is 19.6 Å². The van der Waals surface area contributed by atoms with Crippen molar-refractivity contribution in [2.75, 3.05) is 37.8 Å². The molecule has 3 heterocycles. The monoisotopic (exact) mass is 493 g/mol. The fourth-order valence-corrected chi connectivity index (χ4v) is 7.27. The van der Waals surface area contributed by atoms with Crippen LogP contribution in [0.5, 0.6) is 5.75 Å². The first kappa shape index (κ1) is 23.2. The van der Waals surface area contributed by atoms with E-state index in [0.29, 0.717) is 41.9 Å². The normalized spacial score (nSPS) is 18.9. The zero-order chi connectivity index (χ0) is 24.1. The number of aryl methyl sites for hydroxylation is 1. The lowest BCUT2D eigenvalue weighted by atomic mass is 10.1. The second-order valence-corrected chi connectivity index (χ2v) is 12.1. The molecule has 0 spiro atoms. The number of hydrogen-bond donors (Lipinski definition) is 2. The quantitative estimate of drug-likeness (QED) is 0.482. The zero-order valence-electron chi connectivity index (χ0n) is 19.1. The number of rotatable bonds is 6. The predicted octanol–water partition coefficient (Wildman–Crippen LogP) is 4.76. The SMILES string of the molecule is CCc1nc(Nc2ccc(P3(=O)CCN(C4CC4)CC3)cc2OC)nc2[nH]cc(C(F)(F)F)c12. The Morgan fingerprint density at radius 3 is 2.59 bits per heavy atom. The summed E-state index contributed by atoms with van der Waals surface area (Å²) in [6.45, 7) is 3.46. The molecule has 0 bridgehead atoms. The highest BCUT2D eigenvalue weighted by Crippen LogP contribution is 2.49. The van der Waals surface area contributed by atoms with Crippen molar-refractivity contribution in [3.63, 3.8) is 0 Å². The average Bonchev–Trinajstić information content (AvgIpc) is 3.56. The first-order valence-electron chi connectivity index (χ1n) is 11.4. The Labute approximate surface area is 195 Å². The van der Waals surface area contributed by atoms with Crippen LogP contribution in [0.4, 0.5) is 24.8 Å². The van der Waals surface area contributed by atoms with Gasteiger partial charge in [0.25, 0.3) is 0 Å². The Balaban J connectivity index is 1.42. The van der Waals surface area contributed by atoms with Crippen LogP contribution in [0.2, 0.25) is 0 Å². The van der Waals surface area contributed by atoms with Crippen molar-refractivity contribution in [1.82, 2.24) is 19.9 Å². The van der Waals surface area contributed by atoms with Crippen LogP contribution in [-0.2, 0) is 17.2 Å². The molecule has 7 nitrogen and oxygen atoms in total. The second-order valence-electron chi connectivity index (χ2n) is 8.88. The molecule has 0 radical (unpaired) electrons. The van der Waals surface area contributed by atoms with Crippen molar-refractivity contribution in [3.8, 4) is 5.75 Å². The molecule has 1 saturated heterocycles. The topological polar surface area (TPSA) is 83.1 Å². The molecular weight excluding hydrogens is 466 g/mol. The lowest BCUT2D eigenvalue weighted by Gasteiger charge is -2.32. The van der Waals surface area contributed by atoms with E-state index in [9.17, 15) is 17.7 Å². The number of methoxy groups -OCH3 is 1. The number of alkyl halides is 3. The number of ether oxygens (including phenoxy) is 1. The summed E-state index contributed by atoms with van der Waals surface area (Å²) < 4.78 is 59.3. The molecule has 5 rings (SSSR count). The fourth-order valence-electron chi connectivity index (χ4n) is 4.67. The van der Waals surface area contributed by atoms with Crippen molar-refractivity contribution in [2.45, 2.75) is 38.4 Å². The largest absolute Gasteiger partial charge is 0.495 e. The van der Waals surface area contributed by atoms with Gasteiger partial charge in [-0.2, -0.15) is 18.2 Å². The first-order chi connectivity index (χ1) is 16.2. The summed E-state index contributed by atoms with van der Waals surface area (Å²) in [6.07, 6.45) is 0.542. The van der Waals surface area contributed by atoms with Crippen LogP contribution in [-0.4, -0.2) is 58.4 Å². The smallest absolute Gasteiger partial charge is 0.418 e. The Morgan fingerprint density at radius 2 is 1.97 bits per heavy atom. The minimum absolute atomic E-state index is 0.0153. The molecule has 182 valence electrons. The van der Waals surface area contributed by atoms with E-state index in [1.807, 2.05) is 6.07 Å². The molecule has 2 fully saturated rings. The molecule has 2 N–H and O–H groups in total. The number of nitrogens with zero attached hydrogens (tertiary/aromatic N) is 3. The lowest BCUT2D eigenvalue weighted by Crippen LogP contribution is -2.38. The number of nitrogens with one attached hydrogen (secondary N) is 2. The number of fused-ring (bicyclic) bond motifs is 1. The third-order valence-electron chi connectivity index (χ3n) is 6.71. The van der Waals surface area contributed by atoms with E-state index in [2.05, 4.69) is 25.2 Å². The number of benzene rings is 1. The highest BCUT2D eigenvalue weighted by atomic mass is 31.2. The summed E-state index contributed by atoms with van der Waals surface area (Å²) in [6, 6.07) is 6.09. The summed E-state index contributed by atoms with van der Waals surface area (Å²) in [5.74, 6) is 0.650. The molecule has 0 atom stereocenters. The molecule has 1 aliphatic carbocycles. The molecule has 0 amide bonds. The molecule has 2 aliphatic rings.